The van der Waals surface area contributed by atoms with Crippen molar-refractivity contribution in [3.8, 4) is 11.5 Å². The van der Waals surface area contributed by atoms with E-state index < -0.39 is 16.1 Å². The summed E-state index contributed by atoms with van der Waals surface area (Å²) >= 11 is 3.45. The van der Waals surface area contributed by atoms with Gasteiger partial charge in [-0.15, -0.1) is 0 Å². The van der Waals surface area contributed by atoms with E-state index >= 15 is 0 Å². The van der Waals surface area contributed by atoms with Gasteiger partial charge in [0.25, 0.3) is 0 Å². The third kappa shape index (κ3) is 3.36. The number of fused-ring (bicyclic) bond motifs is 1. The van der Waals surface area contributed by atoms with E-state index in [-0.39, 0.29) is 11.7 Å². The highest BCUT2D eigenvalue weighted by molar-refractivity contribution is 9.10. The number of ether oxygens (including phenoxy) is 2. The van der Waals surface area contributed by atoms with Gasteiger partial charge in [-0.2, -0.15) is 0 Å². The second-order valence-electron chi connectivity index (χ2n) is 5.38. The Labute approximate surface area is 143 Å². The molecule has 23 heavy (non-hydrogen) atoms. The molecule has 0 aliphatic carbocycles. The van der Waals surface area contributed by atoms with Crippen molar-refractivity contribution in [2.24, 2.45) is 0 Å². The molecular formula is C16H16BrNO4S. The van der Waals surface area contributed by atoms with Gasteiger partial charge in [-0.25, -0.2) is 13.1 Å². The van der Waals surface area contributed by atoms with Crippen LogP contribution in [-0.2, 0) is 10.0 Å². The molecule has 0 fully saturated rings. The fourth-order valence-corrected chi connectivity index (χ4v) is 4.24. The topological polar surface area (TPSA) is 64.6 Å². The molecule has 1 aliphatic heterocycles. The van der Waals surface area contributed by atoms with E-state index in [2.05, 4.69) is 20.7 Å². The first-order chi connectivity index (χ1) is 10.9. The standard InChI is InChI=1S/C16H16BrNO4S/c1-10-3-5-12(6-4-10)23(19,20)18-11(2)13-7-15-16(8-14(13)17)22-9-21-15/h3-8,11,18H,9H2,1-2H3. The smallest absolute Gasteiger partial charge is 0.241 e. The van der Waals surface area contributed by atoms with Gasteiger partial charge in [-0.05, 0) is 43.7 Å². The van der Waals surface area contributed by atoms with E-state index in [1.807, 2.05) is 6.92 Å². The maximum absolute atomic E-state index is 12.5. The van der Waals surface area contributed by atoms with E-state index in [4.69, 9.17) is 9.47 Å². The van der Waals surface area contributed by atoms with Gasteiger partial charge in [-0.3, -0.25) is 0 Å². The Hall–Kier alpha value is -1.57. The Balaban J connectivity index is 1.86. The summed E-state index contributed by atoms with van der Waals surface area (Å²) in [5, 5.41) is 0. The van der Waals surface area contributed by atoms with Crippen molar-refractivity contribution in [1.82, 2.24) is 4.72 Å². The molecule has 0 bridgehead atoms. The summed E-state index contributed by atoms with van der Waals surface area (Å²) in [6, 6.07) is 9.89. The molecule has 0 radical (unpaired) electrons. The van der Waals surface area contributed by atoms with Crippen LogP contribution in [0.3, 0.4) is 0 Å². The summed E-state index contributed by atoms with van der Waals surface area (Å²) in [5.41, 5.74) is 1.79. The van der Waals surface area contributed by atoms with Crippen LogP contribution < -0.4 is 14.2 Å². The Morgan fingerprint density at radius 2 is 1.74 bits per heavy atom. The minimum absolute atomic E-state index is 0.175. The van der Waals surface area contributed by atoms with Crippen LogP contribution in [0.4, 0.5) is 0 Å². The first kappa shape index (κ1) is 16.3. The molecule has 0 saturated heterocycles. The molecule has 1 N–H and O–H groups in total. The third-order valence-electron chi connectivity index (χ3n) is 3.62. The molecule has 0 spiro atoms. The van der Waals surface area contributed by atoms with E-state index in [1.165, 1.54) is 0 Å². The van der Waals surface area contributed by atoms with Crippen LogP contribution in [0, 0.1) is 6.92 Å². The third-order valence-corrected chi connectivity index (χ3v) is 5.86. The molecule has 1 heterocycles. The van der Waals surface area contributed by atoms with Gasteiger partial charge in [0.15, 0.2) is 11.5 Å². The van der Waals surface area contributed by atoms with Gasteiger partial charge in [0.2, 0.25) is 16.8 Å². The van der Waals surface area contributed by atoms with Gasteiger partial charge in [0.05, 0.1) is 4.90 Å². The average Bonchev–Trinajstić information content (AvgIpc) is 2.93. The van der Waals surface area contributed by atoms with Crippen LogP contribution in [-0.4, -0.2) is 15.2 Å². The van der Waals surface area contributed by atoms with Crippen molar-refractivity contribution in [3.63, 3.8) is 0 Å². The maximum Gasteiger partial charge on any atom is 0.241 e. The van der Waals surface area contributed by atoms with Crippen LogP contribution in [0.1, 0.15) is 24.1 Å². The van der Waals surface area contributed by atoms with Gasteiger partial charge >= 0.3 is 0 Å². The minimum Gasteiger partial charge on any atom is -0.454 e. The van der Waals surface area contributed by atoms with Crippen LogP contribution in [0.15, 0.2) is 45.8 Å². The van der Waals surface area contributed by atoms with Gasteiger partial charge < -0.3 is 9.47 Å². The average molecular weight is 398 g/mol. The monoisotopic (exact) mass is 397 g/mol. The van der Waals surface area contributed by atoms with Gasteiger partial charge in [0.1, 0.15) is 0 Å². The number of rotatable bonds is 4. The lowest BCUT2D eigenvalue weighted by Crippen LogP contribution is -2.27. The largest absolute Gasteiger partial charge is 0.454 e. The van der Waals surface area contributed by atoms with Crippen molar-refractivity contribution in [2.45, 2.75) is 24.8 Å². The molecule has 122 valence electrons. The molecule has 0 saturated carbocycles. The molecule has 3 rings (SSSR count). The van der Waals surface area contributed by atoms with Crippen LogP contribution in [0.25, 0.3) is 0 Å². The van der Waals surface area contributed by atoms with Crippen molar-refractivity contribution in [3.05, 3.63) is 52.0 Å². The molecule has 1 atom stereocenters. The highest BCUT2D eigenvalue weighted by atomic mass is 79.9. The predicted octanol–water partition coefficient (Wildman–Crippen LogP) is 3.53. The molecular weight excluding hydrogens is 382 g/mol. The minimum atomic E-state index is -3.60. The SMILES string of the molecule is Cc1ccc(S(=O)(=O)NC(C)c2cc3c(cc2Br)OCO3)cc1. The van der Waals surface area contributed by atoms with Crippen LogP contribution in [0.2, 0.25) is 0 Å². The van der Waals surface area contributed by atoms with Crippen molar-refractivity contribution in [1.29, 1.82) is 0 Å². The molecule has 1 aliphatic rings. The number of hydrogen-bond donors (Lipinski definition) is 1. The zero-order chi connectivity index (χ0) is 16.6. The first-order valence-electron chi connectivity index (χ1n) is 7.05. The fourth-order valence-electron chi connectivity index (χ4n) is 2.35. The summed E-state index contributed by atoms with van der Waals surface area (Å²) in [6.45, 7) is 3.87. The number of sulfonamides is 1. The molecule has 0 aromatic heterocycles. The summed E-state index contributed by atoms with van der Waals surface area (Å²) in [7, 11) is -3.60. The Morgan fingerprint density at radius 1 is 1.13 bits per heavy atom. The fraction of sp³-hybridized carbons (Fsp3) is 0.250. The summed E-state index contributed by atoms with van der Waals surface area (Å²) in [5.74, 6) is 1.26. The van der Waals surface area contributed by atoms with E-state index in [1.54, 1.807) is 43.3 Å². The molecule has 0 amide bonds. The second-order valence-corrected chi connectivity index (χ2v) is 7.95. The predicted molar refractivity (Wildman–Crippen MR) is 90.2 cm³/mol. The van der Waals surface area contributed by atoms with Crippen LogP contribution >= 0.6 is 15.9 Å². The summed E-state index contributed by atoms with van der Waals surface area (Å²) in [6.07, 6.45) is 0. The quantitative estimate of drug-likeness (QED) is 0.856. The molecule has 5 nitrogen and oxygen atoms in total. The highest BCUT2D eigenvalue weighted by Crippen LogP contribution is 2.39. The number of aryl methyl sites for hydroxylation is 1. The van der Waals surface area contributed by atoms with Gasteiger partial charge in [0, 0.05) is 10.5 Å². The lowest BCUT2D eigenvalue weighted by molar-refractivity contribution is 0.174. The summed E-state index contributed by atoms with van der Waals surface area (Å²) in [4.78, 5) is 0.242. The molecule has 2 aromatic rings. The van der Waals surface area contributed by atoms with Crippen molar-refractivity contribution < 1.29 is 17.9 Å². The van der Waals surface area contributed by atoms with E-state index in [9.17, 15) is 8.42 Å². The molecule has 1 unspecified atom stereocenters. The second kappa shape index (κ2) is 6.14. The van der Waals surface area contributed by atoms with Crippen molar-refractivity contribution >= 4 is 26.0 Å². The van der Waals surface area contributed by atoms with E-state index in [0.29, 0.717) is 11.5 Å². The Morgan fingerprint density at radius 3 is 2.39 bits per heavy atom. The lowest BCUT2D eigenvalue weighted by Gasteiger charge is -2.17. The zero-order valence-electron chi connectivity index (χ0n) is 12.7. The number of halogens is 1. The van der Waals surface area contributed by atoms with Crippen LogP contribution in [0.5, 0.6) is 11.5 Å². The maximum atomic E-state index is 12.5. The number of hydrogen-bond acceptors (Lipinski definition) is 4. The highest BCUT2D eigenvalue weighted by Gasteiger charge is 2.23. The number of benzene rings is 2. The summed E-state index contributed by atoms with van der Waals surface area (Å²) < 4.78 is 39.1. The zero-order valence-corrected chi connectivity index (χ0v) is 15.1. The van der Waals surface area contributed by atoms with Gasteiger partial charge in [-0.1, -0.05) is 33.6 Å². The molecule has 7 heteroatoms. The number of nitrogens with one attached hydrogen (secondary N) is 1. The van der Waals surface area contributed by atoms with E-state index in [0.717, 1.165) is 15.6 Å². The normalized spacial score (nSPS) is 14.7. The first-order valence-corrected chi connectivity index (χ1v) is 9.32. The Kier molecular flexibility index (Phi) is 4.35. The Bertz CT molecular complexity index is 834. The molecule has 2 aromatic carbocycles. The van der Waals surface area contributed by atoms with Crippen molar-refractivity contribution in [2.75, 3.05) is 6.79 Å². The lowest BCUT2D eigenvalue weighted by atomic mass is 10.1.